The molecule has 0 radical (unpaired) electrons. The summed E-state index contributed by atoms with van der Waals surface area (Å²) in [4.78, 5) is 6.67. The van der Waals surface area contributed by atoms with Crippen LogP contribution < -0.4 is 0 Å². The first kappa shape index (κ1) is 7.75. The maximum Gasteiger partial charge on any atom is 0.116 e. The molecule has 0 spiro atoms. The third kappa shape index (κ3) is 1.78. The summed E-state index contributed by atoms with van der Waals surface area (Å²) in [6.07, 6.45) is 1.84. The summed E-state index contributed by atoms with van der Waals surface area (Å²) in [6, 6.07) is 0. The molecule has 5 nitrogen and oxygen atoms in total. The van der Waals surface area contributed by atoms with Crippen LogP contribution in [0.5, 0.6) is 0 Å². The van der Waals surface area contributed by atoms with Crippen LogP contribution in [0, 0.1) is 0 Å². The summed E-state index contributed by atoms with van der Waals surface area (Å²) in [7, 11) is 3.87. The number of azide groups is 1. The Labute approximate surface area is 65.5 Å². The van der Waals surface area contributed by atoms with Gasteiger partial charge in [0.25, 0.3) is 0 Å². The standard InChI is InChI=1S/C6H11N5/c1-10-3-4-11(2)6(5-10)8-9-7/h5H,3-4H2,1-2H3. The van der Waals surface area contributed by atoms with E-state index in [1.165, 1.54) is 0 Å². The lowest BCUT2D eigenvalue weighted by Crippen LogP contribution is -2.33. The van der Waals surface area contributed by atoms with E-state index in [9.17, 15) is 0 Å². The molecule has 0 N–H and O–H groups in total. The summed E-state index contributed by atoms with van der Waals surface area (Å²) in [5.41, 5.74) is 8.19. The molecule has 0 atom stereocenters. The van der Waals surface area contributed by atoms with Gasteiger partial charge in [-0.2, -0.15) is 0 Å². The second-order valence-electron chi connectivity index (χ2n) is 2.58. The molecule has 11 heavy (non-hydrogen) atoms. The Morgan fingerprint density at radius 3 is 2.91 bits per heavy atom. The number of nitrogens with zero attached hydrogens (tertiary/aromatic N) is 5. The summed E-state index contributed by atoms with van der Waals surface area (Å²) >= 11 is 0. The molecule has 0 aliphatic carbocycles. The molecular formula is C6H11N5. The minimum atomic E-state index is 0.682. The Bertz CT molecular complexity index is 215. The molecule has 0 unspecified atom stereocenters. The predicted octanol–water partition coefficient (Wildman–Crippen LogP) is 0.973. The summed E-state index contributed by atoms with van der Waals surface area (Å²) in [5.74, 6) is 0.682. The lowest BCUT2D eigenvalue weighted by atomic mass is 10.4. The molecule has 1 aliphatic rings. The second kappa shape index (κ2) is 3.16. The van der Waals surface area contributed by atoms with Gasteiger partial charge in [-0.1, -0.05) is 0 Å². The van der Waals surface area contributed by atoms with Gasteiger partial charge in [0.15, 0.2) is 0 Å². The van der Waals surface area contributed by atoms with Crippen LogP contribution in [0.25, 0.3) is 10.4 Å². The number of likely N-dealkylation sites (N-methyl/N-ethyl adjacent to an activating group) is 2. The maximum absolute atomic E-state index is 8.19. The van der Waals surface area contributed by atoms with Crippen molar-refractivity contribution in [3.63, 3.8) is 0 Å². The molecule has 0 aromatic rings. The monoisotopic (exact) mass is 153 g/mol. The van der Waals surface area contributed by atoms with Crippen molar-refractivity contribution in [2.75, 3.05) is 27.2 Å². The average Bonchev–Trinajstić information content (AvgIpc) is 1.98. The molecule has 0 saturated carbocycles. The molecule has 5 heteroatoms. The predicted molar refractivity (Wildman–Crippen MR) is 42.5 cm³/mol. The van der Waals surface area contributed by atoms with Gasteiger partial charge in [-0.25, -0.2) is 0 Å². The number of hydrogen-bond acceptors (Lipinski definition) is 3. The van der Waals surface area contributed by atoms with Crippen molar-refractivity contribution in [1.82, 2.24) is 9.80 Å². The van der Waals surface area contributed by atoms with Crippen LogP contribution in [0.4, 0.5) is 0 Å². The summed E-state index contributed by atoms with van der Waals surface area (Å²) < 4.78 is 0. The second-order valence-corrected chi connectivity index (χ2v) is 2.58. The van der Waals surface area contributed by atoms with Gasteiger partial charge in [0, 0.05) is 38.3 Å². The van der Waals surface area contributed by atoms with E-state index in [4.69, 9.17) is 5.53 Å². The van der Waals surface area contributed by atoms with E-state index in [1.807, 2.05) is 30.1 Å². The van der Waals surface area contributed by atoms with Crippen molar-refractivity contribution in [1.29, 1.82) is 0 Å². The third-order valence-electron chi connectivity index (χ3n) is 1.66. The lowest BCUT2D eigenvalue weighted by Gasteiger charge is -2.29. The molecule has 0 bridgehead atoms. The highest BCUT2D eigenvalue weighted by Crippen LogP contribution is 2.09. The van der Waals surface area contributed by atoms with Crippen LogP contribution in [-0.2, 0) is 0 Å². The number of rotatable bonds is 1. The SMILES string of the molecule is CN1C=C(N=[N+]=[N-])N(C)CC1. The minimum absolute atomic E-state index is 0.682. The van der Waals surface area contributed by atoms with Crippen molar-refractivity contribution < 1.29 is 0 Å². The van der Waals surface area contributed by atoms with Crippen LogP contribution in [0.1, 0.15) is 0 Å². The van der Waals surface area contributed by atoms with Gasteiger partial charge < -0.3 is 9.80 Å². The highest BCUT2D eigenvalue weighted by Gasteiger charge is 2.09. The summed E-state index contributed by atoms with van der Waals surface area (Å²) in [5, 5.41) is 3.54. The van der Waals surface area contributed by atoms with Crippen molar-refractivity contribution in [2.45, 2.75) is 0 Å². The van der Waals surface area contributed by atoms with Crippen molar-refractivity contribution in [2.24, 2.45) is 5.11 Å². The fraction of sp³-hybridized carbons (Fsp3) is 0.667. The topological polar surface area (TPSA) is 55.2 Å². The van der Waals surface area contributed by atoms with E-state index in [-0.39, 0.29) is 0 Å². The highest BCUT2D eigenvalue weighted by atomic mass is 15.3. The molecule has 0 aromatic heterocycles. The normalized spacial score (nSPS) is 17.5. The van der Waals surface area contributed by atoms with E-state index in [0.717, 1.165) is 13.1 Å². The Hall–Kier alpha value is -1.35. The van der Waals surface area contributed by atoms with Gasteiger partial charge in [0.1, 0.15) is 5.82 Å². The third-order valence-corrected chi connectivity index (χ3v) is 1.66. The van der Waals surface area contributed by atoms with Gasteiger partial charge in [0.2, 0.25) is 0 Å². The maximum atomic E-state index is 8.19. The van der Waals surface area contributed by atoms with Crippen LogP contribution in [0.3, 0.4) is 0 Å². The first-order chi connectivity index (χ1) is 5.24. The largest absolute Gasteiger partial charge is 0.377 e. The lowest BCUT2D eigenvalue weighted by molar-refractivity contribution is 0.298. The zero-order chi connectivity index (χ0) is 8.27. The molecule has 0 amide bonds. The van der Waals surface area contributed by atoms with Crippen molar-refractivity contribution in [3.8, 4) is 0 Å². The minimum Gasteiger partial charge on any atom is -0.377 e. The zero-order valence-corrected chi connectivity index (χ0v) is 6.73. The number of hydrogen-bond donors (Lipinski definition) is 0. The molecule has 0 aromatic carbocycles. The van der Waals surface area contributed by atoms with Gasteiger partial charge >= 0.3 is 0 Å². The molecule has 60 valence electrons. The quantitative estimate of drug-likeness (QED) is 0.320. The zero-order valence-electron chi connectivity index (χ0n) is 6.73. The first-order valence-corrected chi connectivity index (χ1v) is 3.42. The smallest absolute Gasteiger partial charge is 0.116 e. The van der Waals surface area contributed by atoms with Crippen LogP contribution in [0.2, 0.25) is 0 Å². The van der Waals surface area contributed by atoms with Gasteiger partial charge in [-0.3, -0.25) is 0 Å². The molecule has 1 rings (SSSR count). The Morgan fingerprint density at radius 2 is 2.27 bits per heavy atom. The van der Waals surface area contributed by atoms with Crippen LogP contribution in [0.15, 0.2) is 17.1 Å². The van der Waals surface area contributed by atoms with Crippen molar-refractivity contribution >= 4 is 0 Å². The molecule has 1 aliphatic heterocycles. The van der Waals surface area contributed by atoms with Crippen LogP contribution >= 0.6 is 0 Å². The highest BCUT2D eigenvalue weighted by molar-refractivity contribution is 5.01. The molecule has 0 fully saturated rings. The van der Waals surface area contributed by atoms with E-state index < -0.39 is 0 Å². The first-order valence-electron chi connectivity index (χ1n) is 3.42. The van der Waals surface area contributed by atoms with E-state index >= 15 is 0 Å². The fourth-order valence-corrected chi connectivity index (χ4v) is 0.930. The van der Waals surface area contributed by atoms with Gasteiger partial charge in [-0.15, -0.1) is 0 Å². The fourth-order valence-electron chi connectivity index (χ4n) is 0.930. The Kier molecular flexibility index (Phi) is 2.23. The Balaban J connectivity index is 2.78. The summed E-state index contributed by atoms with van der Waals surface area (Å²) in [6.45, 7) is 1.88. The molecular weight excluding hydrogens is 142 g/mol. The van der Waals surface area contributed by atoms with Gasteiger partial charge in [0.05, 0.1) is 0 Å². The van der Waals surface area contributed by atoms with Crippen molar-refractivity contribution in [3.05, 3.63) is 22.5 Å². The average molecular weight is 153 g/mol. The van der Waals surface area contributed by atoms with E-state index in [1.54, 1.807) is 0 Å². The van der Waals surface area contributed by atoms with E-state index in [2.05, 4.69) is 10.0 Å². The molecule has 1 heterocycles. The molecule has 0 saturated heterocycles. The van der Waals surface area contributed by atoms with E-state index in [0.29, 0.717) is 5.82 Å². The Morgan fingerprint density at radius 1 is 1.55 bits per heavy atom. The van der Waals surface area contributed by atoms with Crippen LogP contribution in [-0.4, -0.2) is 37.0 Å². The van der Waals surface area contributed by atoms with Gasteiger partial charge in [-0.05, 0) is 10.6 Å².